The second kappa shape index (κ2) is 11.4. The maximum Gasteiger partial charge on any atom is 0.193 e. The third-order valence-electron chi connectivity index (χ3n) is 6.45. The molecule has 38 heavy (non-hydrogen) atoms. The number of ether oxygens (including phenoxy) is 2. The van der Waals surface area contributed by atoms with E-state index < -0.39 is 10.9 Å². The van der Waals surface area contributed by atoms with E-state index >= 15 is 0 Å². The molecule has 0 heterocycles. The summed E-state index contributed by atoms with van der Waals surface area (Å²) in [7, 11) is 2.98. The molecule has 4 heteroatoms. The lowest BCUT2D eigenvalue weighted by molar-refractivity contribution is 0.103. The zero-order valence-corrected chi connectivity index (χ0v) is 22.5. The van der Waals surface area contributed by atoms with Crippen LogP contribution in [0.1, 0.15) is 21.5 Å². The SMILES string of the molecule is COc1ccccc1-c1cc([S+](c2ccc(C)cc2)c2ccc(C(=O)c3ccccc3)cc2)ccc1OC. The Morgan fingerprint density at radius 2 is 1.08 bits per heavy atom. The predicted molar refractivity (Wildman–Crippen MR) is 155 cm³/mol. The predicted octanol–water partition coefficient (Wildman–Crippen LogP) is 8.01. The maximum absolute atomic E-state index is 13.0. The monoisotopic (exact) mass is 517 g/mol. The van der Waals surface area contributed by atoms with Gasteiger partial charge in [-0.3, -0.25) is 4.79 Å². The number of carbonyl (C=O) groups is 1. The van der Waals surface area contributed by atoms with Gasteiger partial charge in [-0.1, -0.05) is 66.2 Å². The Labute approximate surface area is 227 Å². The number of benzene rings is 5. The van der Waals surface area contributed by atoms with Crippen molar-refractivity contribution in [3.05, 3.63) is 138 Å². The summed E-state index contributed by atoms with van der Waals surface area (Å²) in [6, 6.07) is 40.4. The molecule has 0 aromatic heterocycles. The zero-order valence-electron chi connectivity index (χ0n) is 21.7. The minimum atomic E-state index is -0.399. The quantitative estimate of drug-likeness (QED) is 0.154. The molecule has 0 N–H and O–H groups in total. The second-order valence-corrected chi connectivity index (χ2v) is 10.9. The highest BCUT2D eigenvalue weighted by Gasteiger charge is 2.30. The Morgan fingerprint density at radius 1 is 0.553 bits per heavy atom. The molecule has 0 spiro atoms. The van der Waals surface area contributed by atoms with Crippen LogP contribution < -0.4 is 9.47 Å². The molecule has 5 aromatic rings. The van der Waals surface area contributed by atoms with Gasteiger partial charge in [0, 0.05) is 28.3 Å². The standard InChI is InChI=1S/C34H29O3S/c1-24-13-17-27(18-14-24)38(28-19-15-26(16-20-28)34(35)25-9-5-4-6-10-25)29-21-22-33(37-3)31(23-29)30-11-7-8-12-32(30)36-2/h4-23H,1-3H3/q+1. The van der Waals surface area contributed by atoms with Crippen molar-refractivity contribution in [1.82, 2.24) is 0 Å². The summed E-state index contributed by atoms with van der Waals surface area (Å²) in [5.74, 6) is 1.60. The van der Waals surface area contributed by atoms with Crippen LogP contribution in [0.15, 0.2) is 136 Å². The van der Waals surface area contributed by atoms with Gasteiger partial charge in [-0.2, -0.15) is 0 Å². The molecule has 1 unspecified atom stereocenters. The van der Waals surface area contributed by atoms with Gasteiger partial charge in [0.25, 0.3) is 0 Å². The lowest BCUT2D eigenvalue weighted by atomic mass is 10.0. The zero-order chi connectivity index (χ0) is 26.5. The van der Waals surface area contributed by atoms with E-state index in [9.17, 15) is 4.79 Å². The van der Waals surface area contributed by atoms with Gasteiger partial charge in [0.05, 0.1) is 25.1 Å². The first-order valence-electron chi connectivity index (χ1n) is 12.4. The minimum absolute atomic E-state index is 0.0234. The number of hydrogen-bond acceptors (Lipinski definition) is 3. The summed E-state index contributed by atoms with van der Waals surface area (Å²) in [6.07, 6.45) is 0. The summed E-state index contributed by atoms with van der Waals surface area (Å²) >= 11 is 0. The number of methoxy groups -OCH3 is 2. The molecule has 1 atom stereocenters. The molecule has 0 amide bonds. The molecule has 0 saturated heterocycles. The van der Waals surface area contributed by atoms with Crippen LogP contribution >= 0.6 is 0 Å². The van der Waals surface area contributed by atoms with Crippen LogP contribution in [0.4, 0.5) is 0 Å². The molecular formula is C34H29O3S+. The lowest BCUT2D eigenvalue weighted by Crippen LogP contribution is -2.07. The number of ketones is 1. The van der Waals surface area contributed by atoms with E-state index in [2.05, 4.69) is 61.5 Å². The van der Waals surface area contributed by atoms with E-state index in [-0.39, 0.29) is 5.78 Å². The van der Waals surface area contributed by atoms with Crippen molar-refractivity contribution in [2.24, 2.45) is 0 Å². The molecule has 0 aliphatic heterocycles. The summed E-state index contributed by atoms with van der Waals surface area (Å²) in [4.78, 5) is 16.5. The van der Waals surface area contributed by atoms with Crippen LogP contribution in [0.25, 0.3) is 11.1 Å². The van der Waals surface area contributed by atoms with Gasteiger partial charge in [0.15, 0.2) is 20.5 Å². The van der Waals surface area contributed by atoms with Gasteiger partial charge >= 0.3 is 0 Å². The molecule has 5 aromatic carbocycles. The Balaban J connectivity index is 1.61. The third kappa shape index (κ3) is 5.22. The van der Waals surface area contributed by atoms with E-state index in [0.717, 1.165) is 32.4 Å². The molecule has 0 bridgehead atoms. The van der Waals surface area contributed by atoms with Gasteiger partial charge in [-0.25, -0.2) is 0 Å². The van der Waals surface area contributed by atoms with Crippen molar-refractivity contribution in [3.8, 4) is 22.6 Å². The highest BCUT2D eigenvalue weighted by atomic mass is 32.2. The van der Waals surface area contributed by atoms with Gasteiger partial charge in [0.1, 0.15) is 11.5 Å². The summed E-state index contributed by atoms with van der Waals surface area (Å²) < 4.78 is 11.4. The topological polar surface area (TPSA) is 35.5 Å². The van der Waals surface area contributed by atoms with E-state index in [1.165, 1.54) is 10.5 Å². The summed E-state index contributed by atoms with van der Waals surface area (Å²) in [6.45, 7) is 2.10. The molecule has 0 aliphatic carbocycles. The van der Waals surface area contributed by atoms with Crippen molar-refractivity contribution in [3.63, 3.8) is 0 Å². The van der Waals surface area contributed by atoms with E-state index in [0.29, 0.717) is 11.1 Å². The molecule has 0 fully saturated rings. The Morgan fingerprint density at radius 3 is 1.74 bits per heavy atom. The number of aryl methyl sites for hydroxylation is 1. The van der Waals surface area contributed by atoms with Crippen LogP contribution in [0.2, 0.25) is 0 Å². The Hall–Kier alpha value is -4.28. The van der Waals surface area contributed by atoms with Gasteiger partial charge < -0.3 is 9.47 Å². The number of para-hydroxylation sites is 1. The average molecular weight is 518 g/mol. The molecular weight excluding hydrogens is 488 g/mol. The first-order valence-corrected chi connectivity index (χ1v) is 13.6. The van der Waals surface area contributed by atoms with E-state index in [1.807, 2.05) is 66.7 Å². The number of hydrogen-bond donors (Lipinski definition) is 0. The largest absolute Gasteiger partial charge is 0.496 e. The second-order valence-electron chi connectivity index (χ2n) is 8.90. The van der Waals surface area contributed by atoms with Crippen molar-refractivity contribution in [2.45, 2.75) is 21.6 Å². The number of carbonyl (C=O) groups excluding carboxylic acids is 1. The molecule has 188 valence electrons. The van der Waals surface area contributed by atoms with Crippen molar-refractivity contribution in [2.75, 3.05) is 14.2 Å². The first kappa shape index (κ1) is 25.4. The first-order chi connectivity index (χ1) is 18.6. The fraction of sp³-hybridized carbons (Fsp3) is 0.0882. The van der Waals surface area contributed by atoms with Crippen molar-refractivity contribution in [1.29, 1.82) is 0 Å². The normalized spacial score (nSPS) is 11.6. The van der Waals surface area contributed by atoms with Crippen molar-refractivity contribution < 1.29 is 14.3 Å². The van der Waals surface area contributed by atoms with Crippen LogP contribution in [0, 0.1) is 6.92 Å². The Kier molecular flexibility index (Phi) is 7.62. The molecule has 5 rings (SSSR count). The van der Waals surface area contributed by atoms with Crippen molar-refractivity contribution >= 4 is 16.7 Å². The van der Waals surface area contributed by atoms with Crippen LogP contribution in [0.5, 0.6) is 11.5 Å². The average Bonchev–Trinajstić information content (AvgIpc) is 2.98. The fourth-order valence-electron chi connectivity index (χ4n) is 4.47. The van der Waals surface area contributed by atoms with Gasteiger partial charge in [0.2, 0.25) is 0 Å². The summed E-state index contributed by atoms with van der Waals surface area (Å²) in [5.41, 5.74) is 4.53. The minimum Gasteiger partial charge on any atom is -0.496 e. The smallest absolute Gasteiger partial charge is 0.193 e. The highest BCUT2D eigenvalue weighted by Crippen LogP contribution is 2.40. The Bertz CT molecular complexity index is 1540. The molecule has 0 radical (unpaired) electrons. The maximum atomic E-state index is 13.0. The van der Waals surface area contributed by atoms with E-state index in [4.69, 9.17) is 9.47 Å². The van der Waals surface area contributed by atoms with Gasteiger partial charge in [-0.05, 0) is 61.5 Å². The van der Waals surface area contributed by atoms with Crippen LogP contribution in [-0.2, 0) is 10.9 Å². The molecule has 0 saturated carbocycles. The fourth-order valence-corrected chi connectivity index (χ4v) is 6.55. The van der Waals surface area contributed by atoms with E-state index in [1.54, 1.807) is 14.2 Å². The van der Waals surface area contributed by atoms with Crippen LogP contribution in [0.3, 0.4) is 0 Å². The van der Waals surface area contributed by atoms with Gasteiger partial charge in [-0.15, -0.1) is 0 Å². The summed E-state index contributed by atoms with van der Waals surface area (Å²) in [5, 5.41) is 0. The lowest BCUT2D eigenvalue weighted by Gasteiger charge is -2.15. The van der Waals surface area contributed by atoms with Crippen LogP contribution in [-0.4, -0.2) is 20.0 Å². The third-order valence-corrected chi connectivity index (χ3v) is 8.66. The molecule has 0 aliphatic rings. The molecule has 3 nitrogen and oxygen atoms in total. The highest BCUT2D eigenvalue weighted by molar-refractivity contribution is 7.97. The number of rotatable bonds is 8.